The maximum Gasteiger partial charge on any atom is 0.148 e. The molecule has 0 unspecified atom stereocenters. The van der Waals surface area contributed by atoms with Crippen LogP contribution in [0.15, 0.2) is 12.1 Å². The minimum atomic E-state index is 0.196. The second kappa shape index (κ2) is 6.35. The third-order valence-corrected chi connectivity index (χ3v) is 2.82. The van der Waals surface area contributed by atoms with Crippen molar-refractivity contribution in [3.05, 3.63) is 17.7 Å². The van der Waals surface area contributed by atoms with Gasteiger partial charge >= 0.3 is 0 Å². The second-order valence-electron chi connectivity index (χ2n) is 3.94. The normalized spacial score (nSPS) is 10.2. The van der Waals surface area contributed by atoms with Crippen LogP contribution in [0.2, 0.25) is 0 Å². The van der Waals surface area contributed by atoms with Gasteiger partial charge in [-0.3, -0.25) is 0 Å². The van der Waals surface area contributed by atoms with Crippen LogP contribution in [0.3, 0.4) is 0 Å². The molecule has 0 aliphatic carbocycles. The number of aliphatic hydroxyl groups is 1. The Labute approximate surface area is 103 Å². The lowest BCUT2D eigenvalue weighted by Gasteiger charge is -2.23. The summed E-state index contributed by atoms with van der Waals surface area (Å²) in [6.45, 7) is 2.96. The third-order valence-electron chi connectivity index (χ3n) is 2.82. The standard InChI is InChI=1S/C13H21NO3/c1-10-12(16-3)7-6-11(13(10)17-4)14(2)8-5-9-15/h6-7,15H,5,8-9H2,1-4H3. The Hall–Kier alpha value is -1.42. The molecule has 1 N–H and O–H groups in total. The predicted molar refractivity (Wildman–Crippen MR) is 69.3 cm³/mol. The van der Waals surface area contributed by atoms with Crippen LogP contribution in [0.4, 0.5) is 5.69 Å². The van der Waals surface area contributed by atoms with Crippen LogP contribution in [0.1, 0.15) is 12.0 Å². The van der Waals surface area contributed by atoms with E-state index in [1.54, 1.807) is 14.2 Å². The van der Waals surface area contributed by atoms with Crippen molar-refractivity contribution in [2.45, 2.75) is 13.3 Å². The molecule has 0 bridgehead atoms. The molecule has 96 valence electrons. The average Bonchev–Trinajstić information content (AvgIpc) is 2.35. The summed E-state index contributed by atoms with van der Waals surface area (Å²) in [7, 11) is 5.29. The predicted octanol–water partition coefficient (Wildman–Crippen LogP) is 1.83. The van der Waals surface area contributed by atoms with Crippen molar-refractivity contribution in [2.24, 2.45) is 0 Å². The topological polar surface area (TPSA) is 41.9 Å². The SMILES string of the molecule is COc1ccc(N(C)CCCO)c(OC)c1C. The maximum absolute atomic E-state index is 8.85. The molecule has 0 saturated carbocycles. The Bertz CT molecular complexity index is 366. The zero-order chi connectivity index (χ0) is 12.8. The summed E-state index contributed by atoms with van der Waals surface area (Å²) in [5.74, 6) is 1.64. The molecule has 0 aliphatic rings. The van der Waals surface area contributed by atoms with Crippen LogP contribution in [0, 0.1) is 6.92 Å². The van der Waals surface area contributed by atoms with E-state index in [1.807, 2.05) is 26.1 Å². The minimum Gasteiger partial charge on any atom is -0.496 e. The molecule has 1 aromatic carbocycles. The molecule has 17 heavy (non-hydrogen) atoms. The molecule has 4 heteroatoms. The first-order valence-electron chi connectivity index (χ1n) is 5.69. The summed E-state index contributed by atoms with van der Waals surface area (Å²) in [6, 6.07) is 3.91. The molecular weight excluding hydrogens is 218 g/mol. The number of benzene rings is 1. The molecule has 0 saturated heterocycles. The van der Waals surface area contributed by atoms with E-state index in [0.717, 1.165) is 35.7 Å². The van der Waals surface area contributed by atoms with Crippen molar-refractivity contribution in [2.75, 3.05) is 39.3 Å². The van der Waals surface area contributed by atoms with Crippen LogP contribution >= 0.6 is 0 Å². The lowest BCUT2D eigenvalue weighted by molar-refractivity contribution is 0.290. The van der Waals surface area contributed by atoms with Crippen molar-refractivity contribution in [1.29, 1.82) is 0 Å². The molecule has 0 aliphatic heterocycles. The smallest absolute Gasteiger partial charge is 0.148 e. The van der Waals surface area contributed by atoms with Gasteiger partial charge in [0.1, 0.15) is 11.5 Å². The number of anilines is 1. The van der Waals surface area contributed by atoms with Gasteiger partial charge in [-0.15, -0.1) is 0 Å². The van der Waals surface area contributed by atoms with Crippen LogP contribution in [0.25, 0.3) is 0 Å². The van der Waals surface area contributed by atoms with E-state index in [0.29, 0.717) is 0 Å². The van der Waals surface area contributed by atoms with Gasteiger partial charge in [-0.1, -0.05) is 0 Å². The first-order valence-corrected chi connectivity index (χ1v) is 5.69. The van der Waals surface area contributed by atoms with Crippen molar-refractivity contribution in [3.63, 3.8) is 0 Å². The molecule has 1 aromatic rings. The highest BCUT2D eigenvalue weighted by Gasteiger charge is 2.13. The monoisotopic (exact) mass is 239 g/mol. The fraction of sp³-hybridized carbons (Fsp3) is 0.538. The fourth-order valence-corrected chi connectivity index (χ4v) is 1.87. The van der Waals surface area contributed by atoms with E-state index in [-0.39, 0.29) is 6.61 Å². The molecule has 0 heterocycles. The van der Waals surface area contributed by atoms with Gasteiger partial charge < -0.3 is 19.5 Å². The van der Waals surface area contributed by atoms with E-state index in [4.69, 9.17) is 14.6 Å². The van der Waals surface area contributed by atoms with Gasteiger partial charge in [-0.05, 0) is 25.5 Å². The van der Waals surface area contributed by atoms with Crippen molar-refractivity contribution in [1.82, 2.24) is 0 Å². The first-order chi connectivity index (χ1) is 8.15. The number of hydrogen-bond acceptors (Lipinski definition) is 4. The van der Waals surface area contributed by atoms with Gasteiger partial charge in [0.2, 0.25) is 0 Å². The van der Waals surface area contributed by atoms with Crippen LogP contribution in [-0.4, -0.2) is 39.5 Å². The van der Waals surface area contributed by atoms with Gasteiger partial charge in [0.25, 0.3) is 0 Å². The first kappa shape index (κ1) is 13.6. The van der Waals surface area contributed by atoms with E-state index in [1.165, 1.54) is 0 Å². The van der Waals surface area contributed by atoms with Gasteiger partial charge in [-0.2, -0.15) is 0 Å². The summed E-state index contributed by atoms with van der Waals surface area (Å²) in [5, 5.41) is 8.85. The van der Waals surface area contributed by atoms with Gasteiger partial charge in [0.15, 0.2) is 0 Å². The van der Waals surface area contributed by atoms with Crippen LogP contribution < -0.4 is 14.4 Å². The largest absolute Gasteiger partial charge is 0.496 e. The molecule has 0 amide bonds. The van der Waals surface area contributed by atoms with Gasteiger partial charge in [0.05, 0.1) is 19.9 Å². The number of rotatable bonds is 6. The molecule has 0 aromatic heterocycles. The number of methoxy groups -OCH3 is 2. The Balaban J connectivity index is 3.03. The number of aliphatic hydroxyl groups excluding tert-OH is 1. The van der Waals surface area contributed by atoms with Crippen LogP contribution in [-0.2, 0) is 0 Å². The summed E-state index contributed by atoms with van der Waals surface area (Å²) in [5.41, 5.74) is 2.00. The lowest BCUT2D eigenvalue weighted by atomic mass is 10.1. The number of hydrogen-bond donors (Lipinski definition) is 1. The minimum absolute atomic E-state index is 0.196. The van der Waals surface area contributed by atoms with Gasteiger partial charge in [0, 0.05) is 25.8 Å². The summed E-state index contributed by atoms with van der Waals surface area (Å²) < 4.78 is 10.7. The highest BCUT2D eigenvalue weighted by atomic mass is 16.5. The quantitative estimate of drug-likeness (QED) is 0.822. The Morgan fingerprint density at radius 2 is 1.94 bits per heavy atom. The average molecular weight is 239 g/mol. The number of ether oxygens (including phenoxy) is 2. The highest BCUT2D eigenvalue weighted by Crippen LogP contribution is 2.36. The highest BCUT2D eigenvalue weighted by molar-refractivity contribution is 5.65. The zero-order valence-electron chi connectivity index (χ0n) is 11.0. The van der Waals surface area contributed by atoms with Gasteiger partial charge in [-0.25, -0.2) is 0 Å². The van der Waals surface area contributed by atoms with Crippen molar-refractivity contribution >= 4 is 5.69 Å². The Morgan fingerprint density at radius 3 is 2.47 bits per heavy atom. The van der Waals surface area contributed by atoms with E-state index >= 15 is 0 Å². The van der Waals surface area contributed by atoms with E-state index in [9.17, 15) is 0 Å². The molecule has 0 atom stereocenters. The van der Waals surface area contributed by atoms with E-state index in [2.05, 4.69) is 4.90 Å². The molecule has 0 fully saturated rings. The molecule has 4 nitrogen and oxygen atoms in total. The summed E-state index contributed by atoms with van der Waals surface area (Å²) in [6.07, 6.45) is 0.741. The van der Waals surface area contributed by atoms with Crippen molar-refractivity contribution in [3.8, 4) is 11.5 Å². The third kappa shape index (κ3) is 3.03. The molecular formula is C13H21NO3. The molecule has 0 radical (unpaired) electrons. The van der Waals surface area contributed by atoms with E-state index < -0.39 is 0 Å². The summed E-state index contributed by atoms with van der Waals surface area (Å²) >= 11 is 0. The molecule has 0 spiro atoms. The zero-order valence-corrected chi connectivity index (χ0v) is 11.0. The maximum atomic E-state index is 8.85. The molecule has 1 rings (SSSR count). The Morgan fingerprint density at radius 1 is 1.24 bits per heavy atom. The summed E-state index contributed by atoms with van der Waals surface area (Å²) in [4.78, 5) is 2.07. The Kier molecular flexibility index (Phi) is 5.10. The second-order valence-corrected chi connectivity index (χ2v) is 3.94. The fourth-order valence-electron chi connectivity index (χ4n) is 1.87. The van der Waals surface area contributed by atoms with Crippen LogP contribution in [0.5, 0.6) is 11.5 Å². The number of nitrogens with zero attached hydrogens (tertiary/aromatic N) is 1. The lowest BCUT2D eigenvalue weighted by Crippen LogP contribution is -2.20. The van der Waals surface area contributed by atoms with Crippen molar-refractivity contribution < 1.29 is 14.6 Å².